The van der Waals surface area contributed by atoms with E-state index in [9.17, 15) is 13.6 Å². The van der Waals surface area contributed by atoms with E-state index in [1.165, 1.54) is 0 Å². The van der Waals surface area contributed by atoms with Crippen molar-refractivity contribution in [3.8, 4) is 22.6 Å². The molecule has 0 unspecified atom stereocenters. The fraction of sp³-hybridized carbons (Fsp3) is 0.115. The van der Waals surface area contributed by atoms with Crippen molar-refractivity contribution in [1.82, 2.24) is 29.9 Å². The number of pyridine rings is 3. The predicted octanol–water partition coefficient (Wildman–Crippen LogP) is 4.93. The number of hydrogen-bond donors (Lipinski definition) is 1. The van der Waals surface area contributed by atoms with Crippen LogP contribution in [0.25, 0.3) is 28.3 Å². The van der Waals surface area contributed by atoms with Crippen molar-refractivity contribution in [3.05, 3.63) is 102 Å². The van der Waals surface area contributed by atoms with Gasteiger partial charge in [0.1, 0.15) is 11.6 Å². The van der Waals surface area contributed by atoms with E-state index in [4.69, 9.17) is 0 Å². The van der Waals surface area contributed by atoms with Crippen molar-refractivity contribution in [2.75, 3.05) is 0 Å². The Labute approximate surface area is 199 Å². The third kappa shape index (κ3) is 4.35. The Morgan fingerprint density at radius 1 is 1.00 bits per heavy atom. The molecule has 0 aliphatic carbocycles. The van der Waals surface area contributed by atoms with Gasteiger partial charge in [-0.3, -0.25) is 19.2 Å². The summed E-state index contributed by atoms with van der Waals surface area (Å²) in [5.74, 6) is -1.52. The first-order valence-corrected chi connectivity index (χ1v) is 10.9. The quantitative estimate of drug-likeness (QED) is 0.394. The molecule has 9 heteroatoms. The molecular formula is C26H20F2N6O. The first-order valence-electron chi connectivity index (χ1n) is 10.9. The highest BCUT2D eigenvalue weighted by atomic mass is 19.1. The molecule has 7 nitrogen and oxygen atoms in total. The summed E-state index contributed by atoms with van der Waals surface area (Å²) in [4.78, 5) is 21.5. The highest BCUT2D eigenvalue weighted by molar-refractivity contribution is 5.97. The van der Waals surface area contributed by atoms with Gasteiger partial charge in [0.25, 0.3) is 5.91 Å². The molecule has 0 saturated heterocycles. The lowest BCUT2D eigenvalue weighted by Gasteiger charge is -2.15. The molecular weight excluding hydrogens is 450 g/mol. The van der Waals surface area contributed by atoms with Crippen LogP contribution in [0, 0.1) is 18.6 Å². The number of fused-ring (bicyclic) bond motifs is 1. The number of aromatic nitrogens is 5. The van der Waals surface area contributed by atoms with Gasteiger partial charge in [0, 0.05) is 29.6 Å². The van der Waals surface area contributed by atoms with E-state index in [0.29, 0.717) is 28.3 Å². The van der Waals surface area contributed by atoms with Gasteiger partial charge in [0.2, 0.25) is 0 Å². The van der Waals surface area contributed by atoms with Crippen LogP contribution >= 0.6 is 0 Å². The maximum absolute atomic E-state index is 14.2. The number of benzene rings is 1. The predicted molar refractivity (Wildman–Crippen MR) is 126 cm³/mol. The molecule has 0 saturated carbocycles. The number of rotatable bonds is 5. The zero-order chi connectivity index (χ0) is 24.5. The normalized spacial score (nSPS) is 12.0. The Morgan fingerprint density at radius 2 is 1.80 bits per heavy atom. The molecule has 5 aromatic rings. The van der Waals surface area contributed by atoms with Gasteiger partial charge >= 0.3 is 0 Å². The Bertz CT molecular complexity index is 1530. The molecule has 1 amide bonds. The number of aryl methyl sites for hydroxylation is 1. The Kier molecular flexibility index (Phi) is 5.74. The fourth-order valence-corrected chi connectivity index (χ4v) is 3.81. The number of amides is 1. The SMILES string of the molecule is Cc1ccc(-c2cc(C(=O)N[C@H](C)c3ncc(F)cc3F)cn3c(-c4ccccc4)nnc23)nc1. The number of nitrogens with one attached hydrogen (secondary N) is 1. The van der Waals surface area contributed by atoms with E-state index < -0.39 is 23.6 Å². The number of nitrogens with zero attached hydrogens (tertiary/aromatic N) is 5. The summed E-state index contributed by atoms with van der Waals surface area (Å²) >= 11 is 0. The Morgan fingerprint density at radius 3 is 2.51 bits per heavy atom. The van der Waals surface area contributed by atoms with Gasteiger partial charge < -0.3 is 5.32 Å². The van der Waals surface area contributed by atoms with Crippen LogP contribution in [-0.4, -0.2) is 30.5 Å². The molecule has 1 atom stereocenters. The van der Waals surface area contributed by atoms with Gasteiger partial charge in [-0.15, -0.1) is 10.2 Å². The van der Waals surface area contributed by atoms with Crippen LogP contribution in [0.2, 0.25) is 0 Å². The van der Waals surface area contributed by atoms with Crippen LogP contribution in [0.1, 0.15) is 34.6 Å². The van der Waals surface area contributed by atoms with Crippen LogP contribution < -0.4 is 5.32 Å². The molecule has 0 aliphatic heterocycles. The second-order valence-corrected chi connectivity index (χ2v) is 8.16. The summed E-state index contributed by atoms with van der Waals surface area (Å²) in [5, 5.41) is 11.5. The molecule has 1 N–H and O–H groups in total. The van der Waals surface area contributed by atoms with Crippen LogP contribution in [0.15, 0.2) is 73.2 Å². The van der Waals surface area contributed by atoms with Crippen LogP contribution in [0.4, 0.5) is 8.78 Å². The van der Waals surface area contributed by atoms with Gasteiger partial charge in [-0.25, -0.2) is 8.78 Å². The second kappa shape index (κ2) is 9.02. The molecule has 1 aromatic carbocycles. The Hall–Kier alpha value is -4.53. The van der Waals surface area contributed by atoms with Crippen molar-refractivity contribution in [2.45, 2.75) is 19.9 Å². The first-order chi connectivity index (χ1) is 16.9. The van der Waals surface area contributed by atoms with Crippen LogP contribution in [-0.2, 0) is 0 Å². The van der Waals surface area contributed by atoms with E-state index >= 15 is 0 Å². The van der Waals surface area contributed by atoms with Crippen molar-refractivity contribution in [3.63, 3.8) is 0 Å². The van der Waals surface area contributed by atoms with E-state index in [1.807, 2.05) is 49.4 Å². The molecule has 174 valence electrons. The summed E-state index contributed by atoms with van der Waals surface area (Å²) in [6.07, 6.45) is 4.28. The van der Waals surface area contributed by atoms with Gasteiger partial charge in [-0.1, -0.05) is 36.4 Å². The number of carbonyl (C=O) groups excluding carboxylic acids is 1. The molecule has 0 aliphatic rings. The highest BCUT2D eigenvalue weighted by Crippen LogP contribution is 2.28. The lowest BCUT2D eigenvalue weighted by atomic mass is 10.1. The molecule has 0 radical (unpaired) electrons. The molecule has 4 heterocycles. The maximum atomic E-state index is 14.2. The van der Waals surface area contributed by atoms with E-state index in [1.54, 1.807) is 29.8 Å². The third-order valence-electron chi connectivity index (χ3n) is 5.58. The van der Waals surface area contributed by atoms with Crippen molar-refractivity contribution in [2.24, 2.45) is 0 Å². The number of halogens is 2. The first kappa shape index (κ1) is 22.3. The van der Waals surface area contributed by atoms with Gasteiger partial charge in [0.05, 0.1) is 29.2 Å². The van der Waals surface area contributed by atoms with Crippen LogP contribution in [0.3, 0.4) is 0 Å². The minimum atomic E-state index is -0.831. The monoisotopic (exact) mass is 470 g/mol. The van der Waals surface area contributed by atoms with E-state index in [2.05, 4.69) is 25.5 Å². The summed E-state index contributed by atoms with van der Waals surface area (Å²) in [5.41, 5.74) is 3.83. The topological polar surface area (TPSA) is 85.1 Å². The summed E-state index contributed by atoms with van der Waals surface area (Å²) < 4.78 is 29.2. The zero-order valence-corrected chi connectivity index (χ0v) is 18.9. The third-order valence-corrected chi connectivity index (χ3v) is 5.58. The number of carbonyl (C=O) groups is 1. The van der Waals surface area contributed by atoms with Crippen molar-refractivity contribution < 1.29 is 13.6 Å². The smallest absolute Gasteiger partial charge is 0.253 e. The lowest BCUT2D eigenvalue weighted by Crippen LogP contribution is -2.28. The molecule has 4 aromatic heterocycles. The molecule has 0 bridgehead atoms. The molecule has 0 spiro atoms. The summed E-state index contributed by atoms with van der Waals surface area (Å²) in [6.45, 7) is 3.52. The zero-order valence-electron chi connectivity index (χ0n) is 18.9. The van der Waals surface area contributed by atoms with Gasteiger partial charge in [-0.2, -0.15) is 0 Å². The average molecular weight is 470 g/mol. The summed E-state index contributed by atoms with van der Waals surface area (Å²) in [6, 6.07) is 14.9. The standard InChI is InChI=1S/C26H20F2N6O/c1-15-8-9-22(29-12-15)20-10-18(26(35)31-16(2)23-21(28)11-19(27)13-30-23)14-34-24(32-33-25(20)34)17-6-4-3-5-7-17/h3-14,16H,1-2H3,(H,31,35)/t16-/m1/s1. The fourth-order valence-electron chi connectivity index (χ4n) is 3.81. The number of hydrogen-bond acceptors (Lipinski definition) is 5. The van der Waals surface area contributed by atoms with Crippen molar-refractivity contribution in [1.29, 1.82) is 0 Å². The van der Waals surface area contributed by atoms with Crippen LogP contribution in [0.5, 0.6) is 0 Å². The maximum Gasteiger partial charge on any atom is 0.253 e. The highest BCUT2D eigenvalue weighted by Gasteiger charge is 2.21. The summed E-state index contributed by atoms with van der Waals surface area (Å²) in [7, 11) is 0. The minimum Gasteiger partial charge on any atom is -0.344 e. The largest absolute Gasteiger partial charge is 0.344 e. The van der Waals surface area contributed by atoms with E-state index in [0.717, 1.165) is 23.4 Å². The molecule has 0 fully saturated rings. The Balaban J connectivity index is 1.60. The lowest BCUT2D eigenvalue weighted by molar-refractivity contribution is 0.0938. The van der Waals surface area contributed by atoms with Gasteiger partial charge in [-0.05, 0) is 31.5 Å². The average Bonchev–Trinajstić information content (AvgIpc) is 3.28. The van der Waals surface area contributed by atoms with Crippen molar-refractivity contribution >= 4 is 11.6 Å². The minimum absolute atomic E-state index is 0.0597. The van der Waals surface area contributed by atoms with E-state index in [-0.39, 0.29) is 5.69 Å². The molecule has 5 rings (SSSR count). The second-order valence-electron chi connectivity index (χ2n) is 8.16. The molecule has 35 heavy (non-hydrogen) atoms. The van der Waals surface area contributed by atoms with Gasteiger partial charge in [0.15, 0.2) is 11.5 Å².